The average molecular weight is 212 g/mol. The Kier molecular flexibility index (Phi) is 3.13. The van der Waals surface area contributed by atoms with Crippen LogP contribution in [0.25, 0.3) is 0 Å². The molecule has 0 aromatic carbocycles. The molecule has 7 nitrogen and oxygen atoms in total. The lowest BCUT2D eigenvalue weighted by atomic mass is 9.97. The van der Waals surface area contributed by atoms with Crippen molar-refractivity contribution in [2.75, 3.05) is 0 Å². The number of hydrogen-bond acceptors (Lipinski definition) is 6. The molecule has 1 aromatic heterocycles. The fourth-order valence-electron chi connectivity index (χ4n) is 0.674. The molecular weight excluding hydrogens is 200 g/mol. The molecule has 1 heterocycles. The SMILES string of the molecule is CC(C)(C)C(=O)OC(=O)Cn1cnnn1. The van der Waals surface area contributed by atoms with E-state index in [1.165, 1.54) is 11.0 Å². The van der Waals surface area contributed by atoms with E-state index in [1.807, 2.05) is 0 Å². The highest BCUT2D eigenvalue weighted by atomic mass is 16.6. The fourth-order valence-corrected chi connectivity index (χ4v) is 0.674. The summed E-state index contributed by atoms with van der Waals surface area (Å²) >= 11 is 0. The van der Waals surface area contributed by atoms with Gasteiger partial charge in [0.25, 0.3) is 0 Å². The summed E-state index contributed by atoms with van der Waals surface area (Å²) in [7, 11) is 0. The lowest BCUT2D eigenvalue weighted by Crippen LogP contribution is -2.27. The zero-order valence-corrected chi connectivity index (χ0v) is 8.80. The van der Waals surface area contributed by atoms with Gasteiger partial charge in [-0.25, -0.2) is 9.48 Å². The van der Waals surface area contributed by atoms with Crippen LogP contribution in [0.3, 0.4) is 0 Å². The zero-order chi connectivity index (χ0) is 11.5. The van der Waals surface area contributed by atoms with Gasteiger partial charge in [0.15, 0.2) is 0 Å². The van der Waals surface area contributed by atoms with Crippen molar-refractivity contribution in [3.63, 3.8) is 0 Å². The molecule has 1 rings (SSSR count). The van der Waals surface area contributed by atoms with E-state index in [9.17, 15) is 9.59 Å². The van der Waals surface area contributed by atoms with Gasteiger partial charge in [-0.05, 0) is 31.2 Å². The van der Waals surface area contributed by atoms with Crippen LogP contribution in [0, 0.1) is 5.41 Å². The van der Waals surface area contributed by atoms with Crippen LogP contribution in [0.4, 0.5) is 0 Å². The van der Waals surface area contributed by atoms with E-state index in [4.69, 9.17) is 0 Å². The van der Waals surface area contributed by atoms with Crippen molar-refractivity contribution in [2.45, 2.75) is 27.3 Å². The molecule has 0 fully saturated rings. The summed E-state index contributed by atoms with van der Waals surface area (Å²) in [4.78, 5) is 22.5. The lowest BCUT2D eigenvalue weighted by Gasteiger charge is -2.14. The fraction of sp³-hybridized carbons (Fsp3) is 0.625. The summed E-state index contributed by atoms with van der Waals surface area (Å²) in [6.45, 7) is 4.83. The third-order valence-corrected chi connectivity index (χ3v) is 1.50. The maximum absolute atomic E-state index is 11.3. The Morgan fingerprint density at radius 1 is 1.40 bits per heavy atom. The number of carbonyl (C=O) groups is 2. The summed E-state index contributed by atoms with van der Waals surface area (Å²) < 4.78 is 5.77. The Hall–Kier alpha value is -1.79. The van der Waals surface area contributed by atoms with E-state index >= 15 is 0 Å². The second-order valence-electron chi connectivity index (χ2n) is 4.02. The van der Waals surface area contributed by atoms with Gasteiger partial charge in [-0.2, -0.15) is 0 Å². The Balaban J connectivity index is 2.47. The first kappa shape index (κ1) is 11.3. The highest BCUT2D eigenvalue weighted by Crippen LogP contribution is 2.15. The number of nitrogens with zero attached hydrogens (tertiary/aromatic N) is 4. The Morgan fingerprint density at radius 2 is 2.07 bits per heavy atom. The van der Waals surface area contributed by atoms with Gasteiger partial charge in [-0.3, -0.25) is 4.79 Å². The van der Waals surface area contributed by atoms with Crippen molar-refractivity contribution in [1.82, 2.24) is 20.2 Å². The van der Waals surface area contributed by atoms with Crippen LogP contribution < -0.4 is 0 Å². The van der Waals surface area contributed by atoms with E-state index < -0.39 is 17.4 Å². The summed E-state index contributed by atoms with van der Waals surface area (Å²) in [6, 6.07) is 0. The predicted octanol–water partition coefficient (Wildman–Crippen LogP) is -0.211. The molecule has 0 aliphatic rings. The van der Waals surface area contributed by atoms with Gasteiger partial charge < -0.3 is 4.74 Å². The maximum Gasteiger partial charge on any atom is 0.335 e. The first-order valence-electron chi connectivity index (χ1n) is 4.35. The van der Waals surface area contributed by atoms with Crippen LogP contribution >= 0.6 is 0 Å². The molecule has 0 spiro atoms. The molecule has 0 radical (unpaired) electrons. The molecule has 0 atom stereocenters. The Labute approximate surface area is 86.4 Å². The standard InChI is InChI=1S/C8H12N4O3/c1-8(2,3)7(14)15-6(13)4-12-5-9-10-11-12/h5H,4H2,1-3H3. The monoisotopic (exact) mass is 212 g/mol. The van der Waals surface area contributed by atoms with Gasteiger partial charge in [-0.15, -0.1) is 5.10 Å². The van der Waals surface area contributed by atoms with Crippen LogP contribution in [0.2, 0.25) is 0 Å². The summed E-state index contributed by atoms with van der Waals surface area (Å²) in [5.74, 6) is -1.25. The number of tetrazole rings is 1. The largest absolute Gasteiger partial charge is 0.391 e. The molecule has 0 bridgehead atoms. The molecule has 0 saturated carbocycles. The number of hydrogen-bond donors (Lipinski definition) is 0. The van der Waals surface area contributed by atoms with E-state index in [0.29, 0.717) is 0 Å². The normalized spacial score (nSPS) is 11.1. The second kappa shape index (κ2) is 4.16. The van der Waals surface area contributed by atoms with E-state index in [-0.39, 0.29) is 6.54 Å². The van der Waals surface area contributed by atoms with Crippen molar-refractivity contribution < 1.29 is 14.3 Å². The van der Waals surface area contributed by atoms with Crippen LogP contribution in [0.5, 0.6) is 0 Å². The number of rotatable bonds is 2. The first-order valence-corrected chi connectivity index (χ1v) is 4.35. The molecule has 0 N–H and O–H groups in total. The van der Waals surface area contributed by atoms with Crippen LogP contribution in [-0.4, -0.2) is 32.1 Å². The quantitative estimate of drug-likeness (QED) is 0.498. The van der Waals surface area contributed by atoms with Crippen LogP contribution in [-0.2, 0) is 20.9 Å². The topological polar surface area (TPSA) is 87.0 Å². The van der Waals surface area contributed by atoms with Crippen LogP contribution in [0.1, 0.15) is 20.8 Å². The number of esters is 2. The number of carbonyl (C=O) groups excluding carboxylic acids is 2. The highest BCUT2D eigenvalue weighted by molar-refractivity contribution is 5.88. The molecule has 0 unspecified atom stereocenters. The van der Waals surface area contributed by atoms with Crippen molar-refractivity contribution in [3.05, 3.63) is 6.33 Å². The maximum atomic E-state index is 11.3. The average Bonchev–Trinajstić information content (AvgIpc) is 2.54. The zero-order valence-electron chi connectivity index (χ0n) is 8.80. The van der Waals surface area contributed by atoms with Crippen molar-refractivity contribution >= 4 is 11.9 Å². The molecule has 82 valence electrons. The molecule has 0 amide bonds. The Bertz CT molecular complexity index is 352. The molecule has 0 aliphatic carbocycles. The van der Waals surface area contributed by atoms with E-state index in [2.05, 4.69) is 20.3 Å². The van der Waals surface area contributed by atoms with Gasteiger partial charge >= 0.3 is 11.9 Å². The van der Waals surface area contributed by atoms with Crippen molar-refractivity contribution in [1.29, 1.82) is 0 Å². The van der Waals surface area contributed by atoms with E-state index in [1.54, 1.807) is 20.8 Å². The van der Waals surface area contributed by atoms with E-state index in [0.717, 1.165) is 0 Å². The predicted molar refractivity (Wildman–Crippen MR) is 48.4 cm³/mol. The van der Waals surface area contributed by atoms with Gasteiger partial charge in [0, 0.05) is 0 Å². The lowest BCUT2D eigenvalue weighted by molar-refractivity contribution is -0.166. The molecular formula is C8H12N4O3. The minimum atomic E-state index is -0.698. The molecule has 7 heteroatoms. The molecule has 0 saturated heterocycles. The van der Waals surface area contributed by atoms with Crippen LogP contribution in [0.15, 0.2) is 6.33 Å². The second-order valence-corrected chi connectivity index (χ2v) is 4.02. The number of ether oxygens (including phenoxy) is 1. The summed E-state index contributed by atoms with van der Waals surface area (Å²) in [5, 5.41) is 10.2. The van der Waals surface area contributed by atoms with Crippen molar-refractivity contribution in [2.24, 2.45) is 5.41 Å². The van der Waals surface area contributed by atoms with Gasteiger partial charge in [0.2, 0.25) is 0 Å². The molecule has 0 aliphatic heterocycles. The third kappa shape index (κ3) is 3.45. The third-order valence-electron chi connectivity index (χ3n) is 1.50. The summed E-state index contributed by atoms with van der Waals surface area (Å²) in [6.07, 6.45) is 1.27. The minimum absolute atomic E-state index is 0.172. The molecule has 15 heavy (non-hydrogen) atoms. The van der Waals surface area contributed by atoms with Gasteiger partial charge in [0.1, 0.15) is 12.9 Å². The highest BCUT2D eigenvalue weighted by Gasteiger charge is 2.25. The first-order chi connectivity index (χ1) is 6.89. The van der Waals surface area contributed by atoms with Gasteiger partial charge in [0.05, 0.1) is 5.41 Å². The van der Waals surface area contributed by atoms with Crippen molar-refractivity contribution in [3.8, 4) is 0 Å². The number of aromatic nitrogens is 4. The smallest absolute Gasteiger partial charge is 0.335 e. The van der Waals surface area contributed by atoms with Gasteiger partial charge in [-0.1, -0.05) is 0 Å². The Morgan fingerprint density at radius 3 is 2.53 bits per heavy atom. The minimum Gasteiger partial charge on any atom is -0.391 e. The summed E-state index contributed by atoms with van der Waals surface area (Å²) in [5.41, 5.74) is -0.698. The molecule has 1 aromatic rings.